The number of imidazole rings is 1. The molecule has 0 radical (unpaired) electrons. The summed E-state index contributed by atoms with van der Waals surface area (Å²) in [5, 5.41) is 4.54. The maximum absolute atomic E-state index is 14.1. The predicted octanol–water partition coefficient (Wildman–Crippen LogP) is 5.18. The number of ether oxygens (including phenoxy) is 1. The van der Waals surface area contributed by atoms with Crippen LogP contribution in [0.3, 0.4) is 0 Å². The Morgan fingerprint density at radius 2 is 1.97 bits per heavy atom. The second kappa shape index (κ2) is 7.73. The number of methoxy groups -OCH3 is 1. The van der Waals surface area contributed by atoms with Crippen LogP contribution in [-0.2, 0) is 0 Å². The van der Waals surface area contributed by atoms with Gasteiger partial charge in [-0.3, -0.25) is 0 Å². The molecular weight excluding hydrogens is 421 g/mol. The highest BCUT2D eigenvalue weighted by Gasteiger charge is 2.20. The lowest BCUT2D eigenvalue weighted by molar-refractivity contribution is 0.413. The summed E-state index contributed by atoms with van der Waals surface area (Å²) in [5.74, 6) is 1.39. The largest absolute Gasteiger partial charge is 0.495 e. The highest BCUT2D eigenvalue weighted by molar-refractivity contribution is 6.30. The summed E-state index contributed by atoms with van der Waals surface area (Å²) in [7, 11) is 1.61. The van der Waals surface area contributed by atoms with Gasteiger partial charge in [0, 0.05) is 12.3 Å². The molecule has 0 bridgehead atoms. The first kappa shape index (κ1) is 19.1. The third kappa shape index (κ3) is 3.47. The highest BCUT2D eigenvalue weighted by atomic mass is 35.5. The van der Waals surface area contributed by atoms with Crippen molar-refractivity contribution in [3.63, 3.8) is 0 Å². The molecule has 0 aliphatic rings. The van der Waals surface area contributed by atoms with Crippen molar-refractivity contribution in [2.24, 2.45) is 0 Å². The van der Waals surface area contributed by atoms with Gasteiger partial charge in [-0.15, -0.1) is 5.10 Å². The van der Waals surface area contributed by atoms with Crippen LogP contribution in [0.4, 0.5) is 4.39 Å². The van der Waals surface area contributed by atoms with Gasteiger partial charge in [0.15, 0.2) is 11.6 Å². The maximum atomic E-state index is 14.1. The Balaban J connectivity index is 1.65. The smallest absolute Gasteiger partial charge is 0.217 e. The van der Waals surface area contributed by atoms with E-state index in [4.69, 9.17) is 20.8 Å². The standard InChI is InChI=1S/C22H15ClFN5O2/c1-30-19-6-3-2-5-18(19)28-12-17(25-13-28)22-26-21(20-7-4-10-31-20)27-29(22)14-8-9-15(23)16(24)11-14/h2-13H,1H3. The van der Waals surface area contributed by atoms with Gasteiger partial charge < -0.3 is 13.7 Å². The quantitative estimate of drug-likeness (QED) is 0.380. The Kier molecular flexibility index (Phi) is 4.76. The molecule has 0 saturated heterocycles. The molecular formula is C22H15ClFN5O2. The molecule has 3 heterocycles. The van der Waals surface area contributed by atoms with Gasteiger partial charge in [-0.05, 0) is 36.4 Å². The Hall–Kier alpha value is -3.91. The van der Waals surface area contributed by atoms with Crippen LogP contribution in [0.5, 0.6) is 5.75 Å². The van der Waals surface area contributed by atoms with Crippen LogP contribution in [0.15, 0.2) is 77.8 Å². The van der Waals surface area contributed by atoms with Crippen molar-refractivity contribution < 1.29 is 13.5 Å². The lowest BCUT2D eigenvalue weighted by atomic mass is 10.3. The first-order chi connectivity index (χ1) is 15.1. The predicted molar refractivity (Wildman–Crippen MR) is 113 cm³/mol. The summed E-state index contributed by atoms with van der Waals surface area (Å²) < 4.78 is 28.3. The average Bonchev–Trinajstić information content (AvgIpc) is 3.55. The zero-order chi connectivity index (χ0) is 21.4. The molecule has 0 unspecified atom stereocenters. The molecule has 0 saturated carbocycles. The maximum Gasteiger partial charge on any atom is 0.217 e. The molecule has 154 valence electrons. The Labute approximate surface area is 181 Å². The van der Waals surface area contributed by atoms with Crippen molar-refractivity contribution in [2.45, 2.75) is 0 Å². The Morgan fingerprint density at radius 3 is 2.74 bits per heavy atom. The molecule has 0 N–H and O–H groups in total. The average molecular weight is 436 g/mol. The summed E-state index contributed by atoms with van der Waals surface area (Å²) in [5.41, 5.74) is 1.80. The number of halogens is 2. The van der Waals surface area contributed by atoms with E-state index in [9.17, 15) is 4.39 Å². The minimum absolute atomic E-state index is 0.0251. The topological polar surface area (TPSA) is 70.9 Å². The van der Waals surface area contributed by atoms with Crippen molar-refractivity contribution in [1.82, 2.24) is 24.3 Å². The summed E-state index contributed by atoms with van der Waals surface area (Å²) in [6, 6.07) is 15.5. The van der Waals surface area contributed by atoms with Crippen molar-refractivity contribution in [3.05, 3.63) is 84.2 Å². The third-order valence-electron chi connectivity index (χ3n) is 4.67. The molecule has 0 spiro atoms. The normalized spacial score (nSPS) is 11.1. The van der Waals surface area contributed by atoms with Crippen molar-refractivity contribution in [3.8, 4) is 40.2 Å². The van der Waals surface area contributed by atoms with Crippen LogP contribution in [0.2, 0.25) is 5.02 Å². The van der Waals surface area contributed by atoms with E-state index in [0.717, 1.165) is 5.69 Å². The zero-order valence-electron chi connectivity index (χ0n) is 16.2. The number of benzene rings is 2. The molecule has 0 fully saturated rings. The summed E-state index contributed by atoms with van der Waals surface area (Å²) in [4.78, 5) is 9.09. The number of furan rings is 1. The van der Waals surface area contributed by atoms with Gasteiger partial charge in [-0.25, -0.2) is 19.0 Å². The van der Waals surface area contributed by atoms with Crippen LogP contribution >= 0.6 is 11.6 Å². The molecule has 31 heavy (non-hydrogen) atoms. The summed E-state index contributed by atoms with van der Waals surface area (Å²) in [6.07, 6.45) is 4.99. The summed E-state index contributed by atoms with van der Waals surface area (Å²) in [6.45, 7) is 0. The van der Waals surface area contributed by atoms with Crippen LogP contribution in [-0.4, -0.2) is 31.4 Å². The van der Waals surface area contributed by atoms with Crippen LogP contribution in [0, 0.1) is 5.82 Å². The van der Waals surface area contributed by atoms with Gasteiger partial charge in [-0.1, -0.05) is 23.7 Å². The van der Waals surface area contributed by atoms with Gasteiger partial charge in [0.25, 0.3) is 0 Å². The second-order valence-corrected chi connectivity index (χ2v) is 6.99. The van der Waals surface area contributed by atoms with Gasteiger partial charge in [0.05, 0.1) is 29.8 Å². The zero-order valence-corrected chi connectivity index (χ0v) is 17.0. The molecule has 5 rings (SSSR count). The minimum Gasteiger partial charge on any atom is -0.495 e. The molecule has 7 nitrogen and oxygen atoms in total. The molecule has 0 aliphatic heterocycles. The number of hydrogen-bond acceptors (Lipinski definition) is 5. The summed E-state index contributed by atoms with van der Waals surface area (Å²) >= 11 is 5.85. The first-order valence-corrected chi connectivity index (χ1v) is 9.66. The van der Waals surface area contributed by atoms with Crippen LogP contribution in [0.1, 0.15) is 0 Å². The fourth-order valence-corrected chi connectivity index (χ4v) is 3.32. The molecule has 3 aromatic heterocycles. The van der Waals surface area contributed by atoms with E-state index in [1.54, 1.807) is 37.8 Å². The molecule has 0 aliphatic carbocycles. The number of nitrogens with zero attached hydrogens (tertiary/aromatic N) is 5. The fourth-order valence-electron chi connectivity index (χ4n) is 3.20. The lowest BCUT2D eigenvalue weighted by Crippen LogP contribution is -2.01. The monoisotopic (exact) mass is 435 g/mol. The third-order valence-corrected chi connectivity index (χ3v) is 4.98. The molecule has 2 aromatic carbocycles. The molecule has 0 amide bonds. The van der Waals surface area contributed by atoms with E-state index in [-0.39, 0.29) is 5.02 Å². The van der Waals surface area contributed by atoms with E-state index in [1.165, 1.54) is 23.1 Å². The fraction of sp³-hybridized carbons (Fsp3) is 0.0455. The lowest BCUT2D eigenvalue weighted by Gasteiger charge is -2.08. The van der Waals surface area contributed by atoms with Gasteiger partial charge in [0.1, 0.15) is 23.6 Å². The van der Waals surface area contributed by atoms with Gasteiger partial charge >= 0.3 is 0 Å². The molecule has 9 heteroatoms. The van der Waals surface area contributed by atoms with Gasteiger partial charge in [-0.2, -0.15) is 0 Å². The van der Waals surface area contributed by atoms with Crippen LogP contribution < -0.4 is 4.74 Å². The molecule has 5 aromatic rings. The van der Waals surface area contributed by atoms with E-state index in [2.05, 4.69) is 15.1 Å². The highest BCUT2D eigenvalue weighted by Crippen LogP contribution is 2.28. The van der Waals surface area contributed by atoms with Gasteiger partial charge in [0.2, 0.25) is 5.82 Å². The Morgan fingerprint density at radius 1 is 1.10 bits per heavy atom. The van der Waals surface area contributed by atoms with E-state index < -0.39 is 5.82 Å². The minimum atomic E-state index is -0.556. The number of para-hydroxylation sites is 2. The second-order valence-electron chi connectivity index (χ2n) is 6.58. The Bertz CT molecular complexity index is 1360. The van der Waals surface area contributed by atoms with Crippen molar-refractivity contribution >= 4 is 11.6 Å². The van der Waals surface area contributed by atoms with Crippen molar-refractivity contribution in [1.29, 1.82) is 0 Å². The van der Waals surface area contributed by atoms with E-state index in [0.29, 0.717) is 34.5 Å². The van der Waals surface area contributed by atoms with Crippen LogP contribution in [0.25, 0.3) is 34.5 Å². The molecule has 0 atom stereocenters. The number of rotatable bonds is 5. The van der Waals surface area contributed by atoms with Crippen molar-refractivity contribution in [2.75, 3.05) is 7.11 Å². The van der Waals surface area contributed by atoms with E-state index >= 15 is 0 Å². The SMILES string of the molecule is COc1ccccc1-n1cnc(-c2nc(-c3ccco3)nn2-c2ccc(Cl)c(F)c2)c1. The van der Waals surface area contributed by atoms with E-state index in [1.807, 2.05) is 28.8 Å². The first-order valence-electron chi connectivity index (χ1n) is 9.28. The number of hydrogen-bond donors (Lipinski definition) is 0. The number of aromatic nitrogens is 5.